The maximum absolute atomic E-state index is 5.58. The van der Waals surface area contributed by atoms with E-state index in [4.69, 9.17) is 10.5 Å². The van der Waals surface area contributed by atoms with Gasteiger partial charge in [-0.2, -0.15) is 0 Å². The quantitative estimate of drug-likeness (QED) is 0.592. The number of nitrogens with two attached hydrogens (primary N) is 1. The molecular weight excluding hydrogens is 166 g/mol. The van der Waals surface area contributed by atoms with Gasteiger partial charge in [0.1, 0.15) is 0 Å². The monoisotopic (exact) mass is 185 g/mol. The molecule has 2 aliphatic heterocycles. The fraction of sp³-hybridized carbons (Fsp3) is 1.00. The molecule has 0 aliphatic carbocycles. The zero-order valence-corrected chi connectivity index (χ0v) is 8.04. The second-order valence-electron chi connectivity index (χ2n) is 3.86. The zero-order valence-electron chi connectivity index (χ0n) is 8.04. The minimum absolute atomic E-state index is 0.561. The lowest BCUT2D eigenvalue weighted by atomic mass is 10.0. The second kappa shape index (κ2) is 4.37. The maximum Gasteiger partial charge on any atom is 0.0623 e. The van der Waals surface area contributed by atoms with Crippen LogP contribution in [0.2, 0.25) is 0 Å². The van der Waals surface area contributed by atoms with Gasteiger partial charge in [0.15, 0.2) is 0 Å². The number of hydrogen-bond acceptors (Lipinski definition) is 4. The van der Waals surface area contributed by atoms with Gasteiger partial charge in [-0.05, 0) is 13.0 Å². The fourth-order valence-electron chi connectivity index (χ4n) is 2.10. The van der Waals surface area contributed by atoms with E-state index in [2.05, 4.69) is 10.2 Å². The van der Waals surface area contributed by atoms with Crippen molar-refractivity contribution in [2.24, 2.45) is 5.73 Å². The lowest BCUT2D eigenvalue weighted by Gasteiger charge is -2.45. The minimum atomic E-state index is 0.561. The highest BCUT2D eigenvalue weighted by Gasteiger charge is 2.31. The van der Waals surface area contributed by atoms with Crippen molar-refractivity contribution in [2.75, 3.05) is 39.4 Å². The molecule has 4 heteroatoms. The first kappa shape index (κ1) is 9.40. The summed E-state index contributed by atoms with van der Waals surface area (Å²) in [4.78, 5) is 2.56. The Kier molecular flexibility index (Phi) is 3.16. The normalized spacial score (nSPS) is 31.6. The number of morpholine rings is 1. The maximum atomic E-state index is 5.58. The Morgan fingerprint density at radius 1 is 1.46 bits per heavy atom. The number of ether oxygens (including phenoxy) is 1. The van der Waals surface area contributed by atoms with Gasteiger partial charge in [-0.1, -0.05) is 0 Å². The standard InChI is InChI=1S/C9H19N3O/c10-2-1-8-7-13-4-3-12(8)9-5-11-6-9/h8-9,11H,1-7,10H2. The number of nitrogens with one attached hydrogen (secondary N) is 1. The van der Waals surface area contributed by atoms with Crippen molar-refractivity contribution in [3.8, 4) is 0 Å². The van der Waals surface area contributed by atoms with Crippen LogP contribution in [0.3, 0.4) is 0 Å². The van der Waals surface area contributed by atoms with Crippen LogP contribution in [-0.2, 0) is 4.74 Å². The van der Waals surface area contributed by atoms with Crippen LogP contribution in [0.5, 0.6) is 0 Å². The van der Waals surface area contributed by atoms with Crippen molar-refractivity contribution < 1.29 is 4.74 Å². The number of rotatable bonds is 3. The molecule has 0 spiro atoms. The molecule has 2 saturated heterocycles. The fourth-order valence-corrected chi connectivity index (χ4v) is 2.10. The molecule has 2 fully saturated rings. The van der Waals surface area contributed by atoms with Crippen LogP contribution in [0.4, 0.5) is 0 Å². The van der Waals surface area contributed by atoms with Gasteiger partial charge >= 0.3 is 0 Å². The Labute approximate surface area is 79.4 Å². The molecule has 2 aliphatic rings. The molecule has 0 aromatic carbocycles. The molecular formula is C9H19N3O. The van der Waals surface area contributed by atoms with Gasteiger partial charge in [0.25, 0.3) is 0 Å². The summed E-state index contributed by atoms with van der Waals surface area (Å²) in [6.45, 7) is 5.88. The first-order valence-electron chi connectivity index (χ1n) is 5.16. The van der Waals surface area contributed by atoms with Crippen molar-refractivity contribution in [1.82, 2.24) is 10.2 Å². The summed E-state index contributed by atoms with van der Waals surface area (Å²) in [5.41, 5.74) is 5.58. The summed E-state index contributed by atoms with van der Waals surface area (Å²) >= 11 is 0. The van der Waals surface area contributed by atoms with E-state index < -0.39 is 0 Å². The average Bonchev–Trinajstić information content (AvgIpc) is 2.05. The summed E-state index contributed by atoms with van der Waals surface area (Å²) in [6.07, 6.45) is 1.07. The van der Waals surface area contributed by atoms with Gasteiger partial charge in [-0.25, -0.2) is 0 Å². The Morgan fingerprint density at radius 3 is 2.92 bits per heavy atom. The minimum Gasteiger partial charge on any atom is -0.378 e. The van der Waals surface area contributed by atoms with Gasteiger partial charge in [-0.3, -0.25) is 4.90 Å². The largest absolute Gasteiger partial charge is 0.378 e. The van der Waals surface area contributed by atoms with Gasteiger partial charge in [-0.15, -0.1) is 0 Å². The predicted molar refractivity (Wildman–Crippen MR) is 51.6 cm³/mol. The molecule has 0 amide bonds. The van der Waals surface area contributed by atoms with E-state index in [-0.39, 0.29) is 0 Å². The highest BCUT2D eigenvalue weighted by atomic mass is 16.5. The van der Waals surface area contributed by atoms with E-state index in [1.54, 1.807) is 0 Å². The van der Waals surface area contributed by atoms with E-state index in [0.717, 1.165) is 51.9 Å². The molecule has 1 unspecified atom stereocenters. The average molecular weight is 185 g/mol. The molecule has 0 saturated carbocycles. The smallest absolute Gasteiger partial charge is 0.0623 e. The molecule has 2 rings (SSSR count). The topological polar surface area (TPSA) is 50.5 Å². The highest BCUT2D eigenvalue weighted by molar-refractivity contribution is 4.89. The van der Waals surface area contributed by atoms with Gasteiger partial charge < -0.3 is 15.8 Å². The van der Waals surface area contributed by atoms with Crippen LogP contribution < -0.4 is 11.1 Å². The predicted octanol–water partition coefficient (Wildman–Crippen LogP) is -0.992. The van der Waals surface area contributed by atoms with Gasteiger partial charge in [0, 0.05) is 31.7 Å². The summed E-state index contributed by atoms with van der Waals surface area (Å²) in [6, 6.07) is 1.30. The molecule has 13 heavy (non-hydrogen) atoms. The third kappa shape index (κ3) is 2.02. The summed E-state index contributed by atoms with van der Waals surface area (Å²) in [5, 5.41) is 3.31. The summed E-state index contributed by atoms with van der Waals surface area (Å²) < 4.78 is 5.47. The van der Waals surface area contributed by atoms with Crippen LogP contribution in [0.1, 0.15) is 6.42 Å². The van der Waals surface area contributed by atoms with Crippen molar-refractivity contribution in [2.45, 2.75) is 18.5 Å². The SMILES string of the molecule is NCCC1COCCN1C1CNC1. The van der Waals surface area contributed by atoms with Crippen LogP contribution in [-0.4, -0.2) is 56.4 Å². The highest BCUT2D eigenvalue weighted by Crippen LogP contribution is 2.15. The molecule has 76 valence electrons. The van der Waals surface area contributed by atoms with Crippen LogP contribution >= 0.6 is 0 Å². The van der Waals surface area contributed by atoms with Crippen molar-refractivity contribution in [3.63, 3.8) is 0 Å². The second-order valence-corrected chi connectivity index (χ2v) is 3.86. The first-order chi connectivity index (χ1) is 6.42. The Balaban J connectivity index is 1.87. The Hall–Kier alpha value is -0.160. The molecule has 4 nitrogen and oxygen atoms in total. The molecule has 0 radical (unpaired) electrons. The first-order valence-corrected chi connectivity index (χ1v) is 5.16. The van der Waals surface area contributed by atoms with Gasteiger partial charge in [0.05, 0.1) is 13.2 Å². The summed E-state index contributed by atoms with van der Waals surface area (Å²) in [7, 11) is 0. The van der Waals surface area contributed by atoms with E-state index in [9.17, 15) is 0 Å². The lowest BCUT2D eigenvalue weighted by molar-refractivity contribution is -0.0409. The van der Waals surface area contributed by atoms with Crippen molar-refractivity contribution in [1.29, 1.82) is 0 Å². The molecule has 1 atom stereocenters. The van der Waals surface area contributed by atoms with E-state index in [1.165, 1.54) is 0 Å². The lowest BCUT2D eigenvalue weighted by Crippen LogP contribution is -2.63. The Morgan fingerprint density at radius 2 is 2.31 bits per heavy atom. The number of nitrogens with zero attached hydrogens (tertiary/aromatic N) is 1. The van der Waals surface area contributed by atoms with Crippen LogP contribution in [0, 0.1) is 0 Å². The van der Waals surface area contributed by atoms with Crippen LogP contribution in [0.25, 0.3) is 0 Å². The Bertz CT molecular complexity index is 159. The van der Waals surface area contributed by atoms with Crippen molar-refractivity contribution >= 4 is 0 Å². The third-order valence-corrected chi connectivity index (χ3v) is 3.00. The van der Waals surface area contributed by atoms with E-state index >= 15 is 0 Å². The third-order valence-electron chi connectivity index (χ3n) is 3.00. The van der Waals surface area contributed by atoms with E-state index in [0.29, 0.717) is 6.04 Å². The van der Waals surface area contributed by atoms with Crippen molar-refractivity contribution in [3.05, 3.63) is 0 Å². The molecule has 3 N–H and O–H groups in total. The molecule has 0 aromatic heterocycles. The van der Waals surface area contributed by atoms with Crippen LogP contribution in [0.15, 0.2) is 0 Å². The van der Waals surface area contributed by atoms with Gasteiger partial charge in [0.2, 0.25) is 0 Å². The molecule has 0 aromatic rings. The molecule has 0 bridgehead atoms. The summed E-state index contributed by atoms with van der Waals surface area (Å²) in [5.74, 6) is 0. The number of hydrogen-bond donors (Lipinski definition) is 2. The molecule has 2 heterocycles. The van der Waals surface area contributed by atoms with E-state index in [1.807, 2.05) is 0 Å². The zero-order chi connectivity index (χ0) is 9.10.